The van der Waals surface area contributed by atoms with E-state index in [1.807, 2.05) is 6.92 Å². The number of fused-ring (bicyclic) bond motifs is 1. The Morgan fingerprint density at radius 1 is 1.00 bits per heavy atom. The number of hydrogen-bond donors (Lipinski definition) is 0. The second-order valence-electron chi connectivity index (χ2n) is 7.33. The van der Waals surface area contributed by atoms with Crippen molar-refractivity contribution in [3.8, 4) is 11.3 Å². The number of aromatic nitrogens is 1. The molecule has 1 heterocycles. The summed E-state index contributed by atoms with van der Waals surface area (Å²) in [5, 5.41) is 2.20. The fraction of sp³-hybridized carbons (Fsp3) is 0.348. The summed E-state index contributed by atoms with van der Waals surface area (Å²) in [5.74, 6) is 0.494. The Hall–Kier alpha value is -2.15. The third-order valence-corrected chi connectivity index (χ3v) is 5.20. The minimum atomic E-state index is 0.494. The Morgan fingerprint density at radius 2 is 1.71 bits per heavy atom. The van der Waals surface area contributed by atoms with Crippen LogP contribution in [-0.4, -0.2) is 0 Å². The van der Waals surface area contributed by atoms with Crippen LogP contribution in [0.2, 0.25) is 0 Å². The van der Waals surface area contributed by atoms with Crippen LogP contribution in [0, 0.1) is 27.7 Å². The predicted octanol–water partition coefficient (Wildman–Crippen LogP) is 5.69. The highest BCUT2D eigenvalue weighted by Gasteiger charge is 2.21. The first-order valence-electron chi connectivity index (χ1n) is 9.23. The molecule has 124 valence electrons. The van der Waals surface area contributed by atoms with E-state index < -0.39 is 0 Å². The zero-order valence-corrected chi connectivity index (χ0v) is 15.9. The molecule has 1 heteroatoms. The maximum Gasteiger partial charge on any atom is 0.220 e. The van der Waals surface area contributed by atoms with Gasteiger partial charge in [0.05, 0.1) is 12.3 Å². The summed E-state index contributed by atoms with van der Waals surface area (Å²) in [6, 6.07) is 11.7. The van der Waals surface area contributed by atoms with Crippen LogP contribution >= 0.6 is 0 Å². The average molecular weight is 319 g/mol. The van der Waals surface area contributed by atoms with Gasteiger partial charge >= 0.3 is 0 Å². The molecule has 0 radical (unpaired) electrons. The summed E-state index contributed by atoms with van der Waals surface area (Å²) >= 11 is 0. The van der Waals surface area contributed by atoms with Gasteiger partial charge in [-0.1, -0.05) is 37.6 Å². The topological polar surface area (TPSA) is 3.88 Å². The van der Waals surface area contributed by atoms with Gasteiger partial charge in [0, 0.05) is 13.0 Å². The Morgan fingerprint density at radius 3 is 2.38 bits per heavy atom. The zero-order valence-electron chi connectivity index (χ0n) is 16.9. The fourth-order valence-corrected chi connectivity index (χ4v) is 3.39. The van der Waals surface area contributed by atoms with E-state index in [0.717, 1.165) is 16.5 Å². The van der Waals surface area contributed by atoms with Gasteiger partial charge in [0.15, 0.2) is 5.69 Å². The molecule has 0 atom stereocenters. The van der Waals surface area contributed by atoms with Gasteiger partial charge in [-0.2, -0.15) is 4.57 Å². The van der Waals surface area contributed by atoms with Gasteiger partial charge in [-0.3, -0.25) is 0 Å². The van der Waals surface area contributed by atoms with Gasteiger partial charge in [0.1, 0.15) is 7.05 Å². The van der Waals surface area contributed by atoms with Crippen molar-refractivity contribution in [1.82, 2.24) is 0 Å². The molecule has 0 N–H and O–H groups in total. The van der Waals surface area contributed by atoms with Crippen LogP contribution in [-0.2, 0) is 7.05 Å². The van der Waals surface area contributed by atoms with Crippen molar-refractivity contribution in [1.29, 1.82) is 0 Å². The number of nitrogens with zero attached hydrogens (tertiary/aromatic N) is 1. The normalized spacial score (nSPS) is 12.1. The molecule has 0 aliphatic carbocycles. The van der Waals surface area contributed by atoms with Crippen molar-refractivity contribution in [2.45, 2.75) is 47.5 Å². The van der Waals surface area contributed by atoms with Gasteiger partial charge < -0.3 is 0 Å². The molecule has 0 spiro atoms. The molecule has 0 aliphatic heterocycles. The van der Waals surface area contributed by atoms with Crippen LogP contribution in [0.15, 0.2) is 36.4 Å². The van der Waals surface area contributed by atoms with Crippen molar-refractivity contribution in [2.75, 3.05) is 0 Å². The van der Waals surface area contributed by atoms with Crippen LogP contribution in [0.25, 0.3) is 22.0 Å². The zero-order chi connectivity index (χ0) is 18.5. The molecule has 0 aliphatic rings. The highest BCUT2D eigenvalue weighted by atomic mass is 14.9. The van der Waals surface area contributed by atoms with E-state index >= 15 is 0 Å². The molecule has 0 saturated carbocycles. The molecular weight excluding hydrogens is 290 g/mol. The minimum absolute atomic E-state index is 0.494. The largest absolute Gasteiger partial charge is 0.220 e. The number of aryl methyl sites for hydroxylation is 2. The first kappa shape index (κ1) is 15.4. The minimum Gasteiger partial charge on any atom is -0.198 e. The maximum atomic E-state index is 8.57. The summed E-state index contributed by atoms with van der Waals surface area (Å²) in [6.07, 6.45) is 0. The van der Waals surface area contributed by atoms with Crippen molar-refractivity contribution in [2.24, 2.45) is 7.05 Å². The molecule has 0 unspecified atom stereocenters. The molecule has 3 aromatic rings. The van der Waals surface area contributed by atoms with Crippen LogP contribution in [0.5, 0.6) is 0 Å². The lowest BCUT2D eigenvalue weighted by Gasteiger charge is -2.15. The highest BCUT2D eigenvalue weighted by molar-refractivity contribution is 5.94. The summed E-state index contributed by atoms with van der Waals surface area (Å²) in [7, 11) is 2.08. The molecule has 0 fully saturated rings. The summed E-state index contributed by atoms with van der Waals surface area (Å²) in [4.78, 5) is 0. The second-order valence-corrected chi connectivity index (χ2v) is 7.33. The first-order chi connectivity index (χ1) is 11.7. The van der Waals surface area contributed by atoms with Crippen LogP contribution in [0.4, 0.5) is 0 Å². The van der Waals surface area contributed by atoms with Gasteiger partial charge in [-0.15, -0.1) is 0 Å². The molecule has 0 amide bonds. The van der Waals surface area contributed by atoms with Gasteiger partial charge in [-0.25, -0.2) is 0 Å². The lowest BCUT2D eigenvalue weighted by Crippen LogP contribution is -2.35. The molecular formula is C23H28N+. The summed E-state index contributed by atoms with van der Waals surface area (Å²) < 4.78 is 10.8. The predicted molar refractivity (Wildman–Crippen MR) is 104 cm³/mol. The molecule has 0 saturated heterocycles. The number of pyridine rings is 1. The third kappa shape index (κ3) is 2.73. The van der Waals surface area contributed by atoms with E-state index in [9.17, 15) is 0 Å². The van der Waals surface area contributed by atoms with Crippen molar-refractivity contribution in [3.05, 3.63) is 64.3 Å². The van der Waals surface area contributed by atoms with Crippen LogP contribution in [0.1, 0.15) is 49.1 Å². The summed E-state index contributed by atoms with van der Waals surface area (Å²) in [5.41, 5.74) is 8.71. The average Bonchev–Trinajstić information content (AvgIpc) is 2.56. The second kappa shape index (κ2) is 6.05. The van der Waals surface area contributed by atoms with E-state index in [4.69, 9.17) is 1.37 Å². The summed E-state index contributed by atoms with van der Waals surface area (Å²) in [6.45, 7) is 13.0. The first-order valence-corrected chi connectivity index (χ1v) is 8.73. The van der Waals surface area contributed by atoms with Crippen LogP contribution < -0.4 is 4.57 Å². The molecule has 3 rings (SSSR count). The number of rotatable bonds is 2. The number of benzene rings is 2. The van der Waals surface area contributed by atoms with E-state index in [1.54, 1.807) is 0 Å². The van der Waals surface area contributed by atoms with E-state index in [2.05, 4.69) is 76.6 Å². The van der Waals surface area contributed by atoms with E-state index in [1.165, 1.54) is 33.5 Å². The van der Waals surface area contributed by atoms with Crippen LogP contribution in [0.3, 0.4) is 0 Å². The standard InChI is InChI=1S/C23H28N/c1-14(2)19-11-16(4)18(6)22(13-19)23-21-9-8-15(3)10-20(21)12-17(5)24(23)7/h8-14H,1-7H3/q+1/i12D. The molecule has 1 nitrogen and oxygen atoms in total. The van der Waals surface area contributed by atoms with Gasteiger partial charge in [-0.05, 0) is 60.9 Å². The molecule has 0 bridgehead atoms. The van der Waals surface area contributed by atoms with Crippen molar-refractivity contribution < 1.29 is 5.94 Å². The number of hydrogen-bond acceptors (Lipinski definition) is 0. The Bertz CT molecular complexity index is 984. The Kier molecular flexibility index (Phi) is 3.88. The smallest absolute Gasteiger partial charge is 0.198 e. The van der Waals surface area contributed by atoms with Crippen molar-refractivity contribution in [3.63, 3.8) is 0 Å². The maximum absolute atomic E-state index is 8.57. The molecule has 1 aromatic heterocycles. The van der Waals surface area contributed by atoms with E-state index in [0.29, 0.717) is 12.0 Å². The molecule has 2 aromatic carbocycles. The van der Waals surface area contributed by atoms with Crippen molar-refractivity contribution >= 4 is 10.8 Å². The Labute approximate surface area is 147 Å². The Balaban J connectivity index is 2.49. The van der Waals surface area contributed by atoms with Gasteiger partial charge in [0.2, 0.25) is 5.69 Å². The van der Waals surface area contributed by atoms with E-state index in [-0.39, 0.29) is 0 Å². The SMILES string of the molecule is [2H]c1c(C)[n+](C)c(-c2cc(C(C)C)cc(C)c2C)c2ccc(C)cc12. The monoisotopic (exact) mass is 319 g/mol. The quantitative estimate of drug-likeness (QED) is 0.534. The lowest BCUT2D eigenvalue weighted by atomic mass is 9.90. The fourth-order valence-electron chi connectivity index (χ4n) is 3.39. The lowest BCUT2D eigenvalue weighted by molar-refractivity contribution is -0.665. The molecule has 24 heavy (non-hydrogen) atoms. The third-order valence-electron chi connectivity index (χ3n) is 5.20. The van der Waals surface area contributed by atoms with Gasteiger partial charge in [0.25, 0.3) is 0 Å². The highest BCUT2D eigenvalue weighted by Crippen LogP contribution is 2.33.